The predicted molar refractivity (Wildman–Crippen MR) is 57.1 cm³/mol. The van der Waals surface area contributed by atoms with Crippen LogP contribution in [0.1, 0.15) is 40.4 Å². The second-order valence-corrected chi connectivity index (χ2v) is 3.62. The smallest absolute Gasteiger partial charge is 0.416 e. The number of ether oxygens (including phenoxy) is 1. The van der Waals surface area contributed by atoms with Gasteiger partial charge < -0.3 is 4.74 Å². The molecular weight excluding hydrogens is 285 g/mol. The molecule has 0 aliphatic carbocycles. The van der Waals surface area contributed by atoms with E-state index >= 15 is 0 Å². The van der Waals surface area contributed by atoms with Gasteiger partial charge in [0.2, 0.25) is 0 Å². The summed E-state index contributed by atoms with van der Waals surface area (Å²) in [7, 11) is 0. The number of alkyl halides is 5. The van der Waals surface area contributed by atoms with Crippen LogP contribution in [0.15, 0.2) is 12.1 Å². The van der Waals surface area contributed by atoms with Crippen LogP contribution in [0.2, 0.25) is 0 Å². The highest BCUT2D eigenvalue weighted by Gasteiger charge is 2.37. The van der Waals surface area contributed by atoms with Crippen molar-refractivity contribution >= 4 is 5.97 Å². The summed E-state index contributed by atoms with van der Waals surface area (Å²) in [5.74, 6) is -1.13. The van der Waals surface area contributed by atoms with Crippen molar-refractivity contribution in [2.24, 2.45) is 0 Å². The standard InChI is InChI=1S/C12H8F5NO2/c1-2-20-11(19)7-4-8(10(13)14)9(12(15,16)17)3-6(7)5-18/h3-4,10H,2H2,1H3. The van der Waals surface area contributed by atoms with Gasteiger partial charge in [0.15, 0.2) is 0 Å². The Morgan fingerprint density at radius 2 is 2.00 bits per heavy atom. The molecule has 0 aliphatic heterocycles. The van der Waals surface area contributed by atoms with E-state index in [2.05, 4.69) is 4.74 Å². The van der Waals surface area contributed by atoms with Crippen LogP contribution in [0.25, 0.3) is 0 Å². The molecule has 0 saturated carbocycles. The van der Waals surface area contributed by atoms with E-state index in [1.165, 1.54) is 13.0 Å². The first-order valence-electron chi connectivity index (χ1n) is 5.32. The van der Waals surface area contributed by atoms with Gasteiger partial charge >= 0.3 is 12.1 Å². The van der Waals surface area contributed by atoms with Crippen molar-refractivity contribution < 1.29 is 31.5 Å². The molecule has 3 nitrogen and oxygen atoms in total. The van der Waals surface area contributed by atoms with Crippen LogP contribution in [0.3, 0.4) is 0 Å². The molecule has 0 radical (unpaired) electrons. The van der Waals surface area contributed by atoms with Crippen molar-refractivity contribution in [1.29, 1.82) is 5.26 Å². The number of nitrogens with zero attached hydrogens (tertiary/aromatic N) is 1. The number of carbonyl (C=O) groups excluding carboxylic acids is 1. The lowest BCUT2D eigenvalue weighted by Gasteiger charge is -2.14. The Hall–Kier alpha value is -2.17. The van der Waals surface area contributed by atoms with Gasteiger partial charge in [0.1, 0.15) is 6.07 Å². The Balaban J connectivity index is 3.54. The summed E-state index contributed by atoms with van der Waals surface area (Å²) in [6.07, 6.45) is -8.49. The topological polar surface area (TPSA) is 50.1 Å². The summed E-state index contributed by atoms with van der Waals surface area (Å²) in [5, 5.41) is 8.74. The number of rotatable bonds is 3. The van der Waals surface area contributed by atoms with E-state index < -0.39 is 40.8 Å². The first-order valence-corrected chi connectivity index (χ1v) is 5.32. The number of hydrogen-bond acceptors (Lipinski definition) is 3. The second kappa shape index (κ2) is 5.86. The maximum atomic E-state index is 12.7. The lowest BCUT2D eigenvalue weighted by Crippen LogP contribution is -2.14. The van der Waals surface area contributed by atoms with E-state index in [1.807, 2.05) is 0 Å². The van der Waals surface area contributed by atoms with Crippen LogP contribution in [-0.4, -0.2) is 12.6 Å². The highest BCUT2D eigenvalue weighted by Crippen LogP contribution is 2.38. The lowest BCUT2D eigenvalue weighted by atomic mass is 9.98. The van der Waals surface area contributed by atoms with E-state index in [0.29, 0.717) is 6.07 Å². The van der Waals surface area contributed by atoms with Gasteiger partial charge in [-0.3, -0.25) is 0 Å². The maximum absolute atomic E-state index is 12.7. The summed E-state index contributed by atoms with van der Waals surface area (Å²) < 4.78 is 67.8. The van der Waals surface area contributed by atoms with Crippen LogP contribution in [0, 0.1) is 11.3 Å². The van der Waals surface area contributed by atoms with Crippen LogP contribution in [0.4, 0.5) is 22.0 Å². The molecule has 8 heteroatoms. The summed E-state index contributed by atoms with van der Waals surface area (Å²) in [6.45, 7) is 1.33. The minimum absolute atomic E-state index is 0.102. The lowest BCUT2D eigenvalue weighted by molar-refractivity contribution is -0.139. The number of esters is 1. The van der Waals surface area contributed by atoms with Crippen molar-refractivity contribution in [2.75, 3.05) is 6.61 Å². The normalized spacial score (nSPS) is 11.3. The SMILES string of the molecule is CCOC(=O)c1cc(C(F)F)c(C(F)(F)F)cc1C#N. The molecule has 20 heavy (non-hydrogen) atoms. The number of halogens is 5. The molecule has 0 fully saturated rings. The molecule has 0 amide bonds. The van der Waals surface area contributed by atoms with Gasteiger partial charge in [-0.1, -0.05) is 0 Å². The fraction of sp³-hybridized carbons (Fsp3) is 0.333. The highest BCUT2D eigenvalue weighted by atomic mass is 19.4. The Labute approximate surface area is 110 Å². The van der Waals surface area contributed by atoms with Crippen molar-refractivity contribution in [3.63, 3.8) is 0 Å². The third-order valence-electron chi connectivity index (χ3n) is 2.35. The van der Waals surface area contributed by atoms with Crippen LogP contribution >= 0.6 is 0 Å². The third-order valence-corrected chi connectivity index (χ3v) is 2.35. The molecule has 1 rings (SSSR count). The highest BCUT2D eigenvalue weighted by molar-refractivity contribution is 5.92. The molecule has 0 aliphatic rings. The molecule has 0 spiro atoms. The number of nitriles is 1. The zero-order valence-electron chi connectivity index (χ0n) is 10.1. The van der Waals surface area contributed by atoms with Gasteiger partial charge in [-0.15, -0.1) is 0 Å². The molecule has 0 bridgehead atoms. The maximum Gasteiger partial charge on any atom is 0.416 e. The van der Waals surface area contributed by atoms with Crippen LogP contribution in [0.5, 0.6) is 0 Å². The first kappa shape index (κ1) is 15.9. The van der Waals surface area contributed by atoms with Crippen molar-refractivity contribution in [2.45, 2.75) is 19.5 Å². The molecule has 0 N–H and O–H groups in total. The van der Waals surface area contributed by atoms with E-state index in [1.54, 1.807) is 0 Å². The average Bonchev–Trinajstić information content (AvgIpc) is 2.36. The second-order valence-electron chi connectivity index (χ2n) is 3.62. The van der Waals surface area contributed by atoms with E-state index in [-0.39, 0.29) is 12.7 Å². The Morgan fingerprint density at radius 3 is 2.40 bits per heavy atom. The molecule has 1 aromatic carbocycles. The van der Waals surface area contributed by atoms with Gasteiger partial charge in [0, 0.05) is 5.56 Å². The Kier molecular flexibility index (Phi) is 4.65. The fourth-order valence-electron chi connectivity index (χ4n) is 1.51. The molecule has 1 aromatic rings. The van der Waals surface area contributed by atoms with Gasteiger partial charge in [0.25, 0.3) is 6.43 Å². The van der Waals surface area contributed by atoms with Gasteiger partial charge in [-0.25, -0.2) is 13.6 Å². The minimum atomic E-state index is -5.05. The van der Waals surface area contributed by atoms with Crippen molar-refractivity contribution in [3.8, 4) is 6.07 Å². The van der Waals surface area contributed by atoms with Gasteiger partial charge in [-0.2, -0.15) is 18.4 Å². The zero-order chi connectivity index (χ0) is 15.5. The van der Waals surface area contributed by atoms with Crippen LogP contribution in [-0.2, 0) is 10.9 Å². The summed E-state index contributed by atoms with van der Waals surface area (Å²) in [4.78, 5) is 11.5. The summed E-state index contributed by atoms with van der Waals surface area (Å²) in [6, 6.07) is 1.95. The number of carbonyl (C=O) groups is 1. The Bertz CT molecular complexity index is 560. The van der Waals surface area contributed by atoms with E-state index in [9.17, 15) is 26.7 Å². The first-order chi connectivity index (χ1) is 9.22. The molecule has 0 saturated heterocycles. The quantitative estimate of drug-likeness (QED) is 0.631. The van der Waals surface area contributed by atoms with Gasteiger partial charge in [0.05, 0.1) is 23.3 Å². The molecule has 0 unspecified atom stereocenters. The summed E-state index contributed by atoms with van der Waals surface area (Å²) in [5.41, 5.74) is -4.28. The molecule has 0 heterocycles. The summed E-state index contributed by atoms with van der Waals surface area (Å²) >= 11 is 0. The minimum Gasteiger partial charge on any atom is -0.462 e. The molecular formula is C12H8F5NO2. The fourth-order valence-corrected chi connectivity index (χ4v) is 1.51. The van der Waals surface area contributed by atoms with Gasteiger partial charge in [-0.05, 0) is 19.1 Å². The largest absolute Gasteiger partial charge is 0.462 e. The molecule has 0 aromatic heterocycles. The van der Waals surface area contributed by atoms with Crippen LogP contribution < -0.4 is 0 Å². The Morgan fingerprint density at radius 1 is 1.40 bits per heavy atom. The van der Waals surface area contributed by atoms with Crippen molar-refractivity contribution in [1.82, 2.24) is 0 Å². The average molecular weight is 293 g/mol. The monoisotopic (exact) mass is 293 g/mol. The van der Waals surface area contributed by atoms with Crippen molar-refractivity contribution in [3.05, 3.63) is 34.4 Å². The zero-order valence-corrected chi connectivity index (χ0v) is 10.1. The predicted octanol–water partition coefficient (Wildman–Crippen LogP) is 3.69. The number of hydrogen-bond donors (Lipinski definition) is 0. The molecule has 0 atom stereocenters. The molecule has 108 valence electrons. The van der Waals surface area contributed by atoms with E-state index in [4.69, 9.17) is 5.26 Å². The van der Waals surface area contributed by atoms with E-state index in [0.717, 1.165) is 0 Å². The number of benzene rings is 1. The third kappa shape index (κ3) is 3.23.